The molecule has 0 atom stereocenters. The van der Waals surface area contributed by atoms with Crippen molar-refractivity contribution in [3.8, 4) is 5.82 Å². The third-order valence-corrected chi connectivity index (χ3v) is 8.31. The molecule has 0 saturated carbocycles. The van der Waals surface area contributed by atoms with E-state index < -0.39 is 10.0 Å². The molecule has 1 fully saturated rings. The van der Waals surface area contributed by atoms with Gasteiger partial charge in [-0.3, -0.25) is 9.36 Å². The van der Waals surface area contributed by atoms with Gasteiger partial charge >= 0.3 is 0 Å². The minimum Gasteiger partial charge on any atom is -0.354 e. The van der Waals surface area contributed by atoms with E-state index in [1.807, 2.05) is 29.4 Å². The number of thiazole rings is 1. The number of aryl methyl sites for hydroxylation is 1. The standard InChI is InChI=1S/C18H22N8O3S2/c1-12-13(2)26(11-22-12)16-8-15(20-10-21-16)24-4-6-25(7-5-24)31(28,29)17-9-19-18(30-17)23-14(3)27/h8-11H,4-7H2,1-3H3,(H,19,23,27). The maximum Gasteiger partial charge on any atom is 0.254 e. The van der Waals surface area contributed by atoms with Crippen LogP contribution in [0.3, 0.4) is 0 Å². The molecule has 164 valence electrons. The van der Waals surface area contributed by atoms with Crippen molar-refractivity contribution in [2.45, 2.75) is 25.0 Å². The fourth-order valence-electron chi connectivity index (χ4n) is 3.24. The molecule has 13 heteroatoms. The number of anilines is 2. The van der Waals surface area contributed by atoms with Crippen molar-refractivity contribution in [2.75, 3.05) is 36.4 Å². The van der Waals surface area contributed by atoms with E-state index in [2.05, 4.69) is 25.3 Å². The maximum atomic E-state index is 12.9. The van der Waals surface area contributed by atoms with Crippen LogP contribution in [0.5, 0.6) is 0 Å². The van der Waals surface area contributed by atoms with Crippen molar-refractivity contribution in [1.82, 2.24) is 28.8 Å². The summed E-state index contributed by atoms with van der Waals surface area (Å²) in [5.41, 5.74) is 1.94. The molecule has 0 unspecified atom stereocenters. The van der Waals surface area contributed by atoms with Crippen LogP contribution in [-0.4, -0.2) is 69.3 Å². The lowest BCUT2D eigenvalue weighted by atomic mass is 10.3. The van der Waals surface area contributed by atoms with Gasteiger partial charge in [0.05, 0.1) is 11.9 Å². The van der Waals surface area contributed by atoms with Crippen LogP contribution in [0.2, 0.25) is 0 Å². The van der Waals surface area contributed by atoms with E-state index in [1.54, 1.807) is 6.33 Å². The van der Waals surface area contributed by atoms with Crippen LogP contribution in [0, 0.1) is 13.8 Å². The largest absolute Gasteiger partial charge is 0.354 e. The summed E-state index contributed by atoms with van der Waals surface area (Å²) >= 11 is 0.946. The fraction of sp³-hybridized carbons (Fsp3) is 0.389. The highest BCUT2D eigenvalue weighted by molar-refractivity contribution is 7.91. The highest BCUT2D eigenvalue weighted by Gasteiger charge is 2.31. The van der Waals surface area contributed by atoms with E-state index in [4.69, 9.17) is 0 Å². The predicted octanol–water partition coefficient (Wildman–Crippen LogP) is 1.20. The van der Waals surface area contributed by atoms with Gasteiger partial charge in [0.15, 0.2) is 9.34 Å². The Morgan fingerprint density at radius 3 is 2.42 bits per heavy atom. The van der Waals surface area contributed by atoms with Crippen LogP contribution in [0.25, 0.3) is 5.82 Å². The summed E-state index contributed by atoms with van der Waals surface area (Å²) in [5, 5.41) is 2.78. The summed E-state index contributed by atoms with van der Waals surface area (Å²) in [6.07, 6.45) is 4.51. The topological polar surface area (TPSA) is 126 Å². The fourth-order valence-corrected chi connectivity index (χ4v) is 5.90. The Morgan fingerprint density at radius 2 is 1.77 bits per heavy atom. The first kappa shape index (κ1) is 21.3. The quantitative estimate of drug-likeness (QED) is 0.599. The third-order valence-electron chi connectivity index (χ3n) is 5.06. The molecule has 0 aliphatic carbocycles. The molecule has 1 aliphatic rings. The molecule has 11 nitrogen and oxygen atoms in total. The molecule has 1 saturated heterocycles. The Kier molecular flexibility index (Phi) is 5.73. The first-order chi connectivity index (χ1) is 14.8. The Hall–Kier alpha value is -2.90. The molecule has 0 radical (unpaired) electrons. The summed E-state index contributed by atoms with van der Waals surface area (Å²) in [6, 6.07) is 1.88. The van der Waals surface area contributed by atoms with Crippen LogP contribution in [-0.2, 0) is 14.8 Å². The third kappa shape index (κ3) is 4.29. The lowest BCUT2D eigenvalue weighted by Gasteiger charge is -2.34. The summed E-state index contributed by atoms with van der Waals surface area (Å²) < 4.78 is 29.3. The van der Waals surface area contributed by atoms with Crippen molar-refractivity contribution in [3.63, 3.8) is 0 Å². The van der Waals surface area contributed by atoms with Crippen LogP contribution >= 0.6 is 11.3 Å². The molecule has 0 spiro atoms. The zero-order valence-electron chi connectivity index (χ0n) is 17.3. The van der Waals surface area contributed by atoms with Gasteiger partial charge in [-0.15, -0.1) is 0 Å². The monoisotopic (exact) mass is 462 g/mol. The number of sulfonamides is 1. The SMILES string of the molecule is CC(=O)Nc1ncc(S(=O)(=O)N2CCN(c3cc(-n4cnc(C)c4C)ncn3)CC2)s1. The van der Waals surface area contributed by atoms with Gasteiger partial charge < -0.3 is 10.2 Å². The number of nitrogens with one attached hydrogen (secondary N) is 1. The van der Waals surface area contributed by atoms with Crippen LogP contribution < -0.4 is 10.2 Å². The molecular weight excluding hydrogens is 440 g/mol. The van der Waals surface area contributed by atoms with Gasteiger partial charge in [0.1, 0.15) is 24.3 Å². The molecule has 4 rings (SSSR count). The molecule has 1 aliphatic heterocycles. The zero-order valence-corrected chi connectivity index (χ0v) is 18.9. The summed E-state index contributed by atoms with van der Waals surface area (Å²) in [7, 11) is -3.67. The minimum atomic E-state index is -3.67. The van der Waals surface area contributed by atoms with Crippen LogP contribution in [0.4, 0.5) is 10.9 Å². The van der Waals surface area contributed by atoms with Gasteiger partial charge in [-0.25, -0.2) is 28.4 Å². The van der Waals surface area contributed by atoms with Gasteiger partial charge in [0.2, 0.25) is 5.91 Å². The molecule has 3 aromatic rings. The summed E-state index contributed by atoms with van der Waals surface area (Å²) in [6.45, 7) is 6.89. The second-order valence-corrected chi connectivity index (χ2v) is 10.3. The van der Waals surface area contributed by atoms with E-state index in [1.165, 1.54) is 23.8 Å². The van der Waals surface area contributed by atoms with E-state index >= 15 is 0 Å². The van der Waals surface area contributed by atoms with Gasteiger partial charge in [-0.2, -0.15) is 4.31 Å². The van der Waals surface area contributed by atoms with E-state index in [9.17, 15) is 13.2 Å². The molecule has 3 aromatic heterocycles. The molecule has 0 aromatic carbocycles. The van der Waals surface area contributed by atoms with E-state index in [0.717, 1.165) is 28.5 Å². The number of nitrogens with zero attached hydrogens (tertiary/aromatic N) is 7. The van der Waals surface area contributed by atoms with Gasteiger partial charge in [-0.1, -0.05) is 11.3 Å². The number of amides is 1. The average Bonchev–Trinajstić information content (AvgIpc) is 3.35. The van der Waals surface area contributed by atoms with Gasteiger partial charge in [0.25, 0.3) is 10.0 Å². The summed E-state index contributed by atoms with van der Waals surface area (Å²) in [5.74, 6) is 1.16. The number of hydrogen-bond donors (Lipinski definition) is 1. The van der Waals surface area contributed by atoms with Crippen molar-refractivity contribution < 1.29 is 13.2 Å². The number of rotatable bonds is 5. The summed E-state index contributed by atoms with van der Waals surface area (Å²) in [4.78, 5) is 30.2. The molecule has 4 heterocycles. The van der Waals surface area contributed by atoms with Crippen molar-refractivity contribution in [2.24, 2.45) is 0 Å². The van der Waals surface area contributed by atoms with Crippen LogP contribution in [0.15, 0.2) is 29.1 Å². The highest BCUT2D eigenvalue weighted by atomic mass is 32.2. The molecule has 0 bridgehead atoms. The second kappa shape index (κ2) is 8.32. The van der Waals surface area contributed by atoms with Crippen molar-refractivity contribution in [1.29, 1.82) is 0 Å². The first-order valence-corrected chi connectivity index (χ1v) is 11.8. The number of aromatic nitrogens is 5. The smallest absolute Gasteiger partial charge is 0.254 e. The number of carbonyl (C=O) groups excluding carboxylic acids is 1. The minimum absolute atomic E-state index is 0.111. The van der Waals surface area contributed by atoms with E-state index in [0.29, 0.717) is 32.0 Å². The van der Waals surface area contributed by atoms with Gasteiger partial charge in [0, 0.05) is 44.9 Å². The van der Waals surface area contributed by atoms with Crippen LogP contribution in [0.1, 0.15) is 18.3 Å². The second-order valence-electron chi connectivity index (χ2n) is 7.08. The Balaban J connectivity index is 1.46. The molecule has 1 N–H and O–H groups in total. The number of carbonyl (C=O) groups is 1. The number of hydrogen-bond acceptors (Lipinski definition) is 9. The lowest BCUT2D eigenvalue weighted by molar-refractivity contribution is -0.114. The first-order valence-electron chi connectivity index (χ1n) is 9.57. The van der Waals surface area contributed by atoms with Gasteiger partial charge in [-0.05, 0) is 13.8 Å². The Bertz CT molecular complexity index is 1210. The number of imidazole rings is 1. The molecular formula is C18H22N8O3S2. The Labute approximate surface area is 183 Å². The van der Waals surface area contributed by atoms with Crippen molar-refractivity contribution in [3.05, 3.63) is 36.3 Å². The Morgan fingerprint density at radius 1 is 1.06 bits per heavy atom. The molecule has 31 heavy (non-hydrogen) atoms. The average molecular weight is 463 g/mol. The van der Waals surface area contributed by atoms with E-state index in [-0.39, 0.29) is 15.2 Å². The maximum absolute atomic E-state index is 12.9. The predicted molar refractivity (Wildman–Crippen MR) is 116 cm³/mol. The molecule has 1 amide bonds. The normalized spacial score (nSPS) is 15.3. The lowest BCUT2D eigenvalue weighted by Crippen LogP contribution is -2.48. The van der Waals surface area contributed by atoms with Crippen molar-refractivity contribution >= 4 is 38.2 Å². The number of piperazine rings is 1. The highest BCUT2D eigenvalue weighted by Crippen LogP contribution is 2.27. The zero-order chi connectivity index (χ0) is 22.2.